The van der Waals surface area contributed by atoms with Crippen molar-refractivity contribution in [2.45, 2.75) is 18.9 Å². The molecule has 0 saturated carbocycles. The minimum absolute atomic E-state index is 0.0185. The molecule has 1 aliphatic heterocycles. The number of carbonyl (C=O) groups excluding carboxylic acids is 1. The molecule has 0 spiro atoms. The second kappa shape index (κ2) is 5.82. The maximum Gasteiger partial charge on any atom is 0.317 e. The van der Waals surface area contributed by atoms with Crippen LogP contribution < -0.4 is 11.1 Å². The molecule has 0 aliphatic carbocycles. The van der Waals surface area contributed by atoms with Crippen molar-refractivity contribution in [2.75, 3.05) is 33.4 Å². The Morgan fingerprint density at radius 1 is 1.57 bits per heavy atom. The Kier molecular flexibility index (Phi) is 4.69. The average molecular weight is 201 g/mol. The second-order valence-corrected chi connectivity index (χ2v) is 3.53. The van der Waals surface area contributed by atoms with E-state index in [1.54, 1.807) is 7.11 Å². The Morgan fingerprint density at radius 3 is 2.71 bits per heavy atom. The number of hydrogen-bond acceptors (Lipinski definition) is 3. The third-order valence-electron chi connectivity index (χ3n) is 2.37. The van der Waals surface area contributed by atoms with Crippen molar-refractivity contribution in [1.82, 2.24) is 10.2 Å². The van der Waals surface area contributed by atoms with Gasteiger partial charge in [0.25, 0.3) is 0 Å². The molecular formula is C9H19N3O2. The molecule has 1 fully saturated rings. The van der Waals surface area contributed by atoms with E-state index in [0.29, 0.717) is 13.2 Å². The summed E-state index contributed by atoms with van der Waals surface area (Å²) < 4.78 is 4.95. The van der Waals surface area contributed by atoms with Crippen LogP contribution in [-0.2, 0) is 4.74 Å². The van der Waals surface area contributed by atoms with Crippen molar-refractivity contribution in [3.63, 3.8) is 0 Å². The zero-order chi connectivity index (χ0) is 10.4. The number of hydrogen-bond donors (Lipinski definition) is 2. The van der Waals surface area contributed by atoms with Crippen LogP contribution in [0.4, 0.5) is 4.79 Å². The van der Waals surface area contributed by atoms with Crippen LogP contribution in [0.1, 0.15) is 12.8 Å². The molecule has 3 N–H and O–H groups in total. The predicted molar refractivity (Wildman–Crippen MR) is 54.1 cm³/mol. The monoisotopic (exact) mass is 201 g/mol. The SMILES string of the molecule is COCC(CN)NC(=O)N1CCCC1. The van der Waals surface area contributed by atoms with Gasteiger partial charge in [-0.25, -0.2) is 4.79 Å². The molecule has 1 atom stereocenters. The molecule has 1 saturated heterocycles. The van der Waals surface area contributed by atoms with Crippen molar-refractivity contribution in [3.05, 3.63) is 0 Å². The van der Waals surface area contributed by atoms with Crippen LogP contribution in [0.25, 0.3) is 0 Å². The topological polar surface area (TPSA) is 67.6 Å². The second-order valence-electron chi connectivity index (χ2n) is 3.53. The van der Waals surface area contributed by atoms with E-state index in [1.165, 1.54) is 0 Å². The molecule has 0 radical (unpaired) electrons. The Bertz CT molecular complexity index is 181. The van der Waals surface area contributed by atoms with E-state index in [9.17, 15) is 4.79 Å². The van der Waals surface area contributed by atoms with E-state index in [-0.39, 0.29) is 12.1 Å². The van der Waals surface area contributed by atoms with Gasteiger partial charge in [0.2, 0.25) is 0 Å². The highest BCUT2D eigenvalue weighted by Gasteiger charge is 2.19. The summed E-state index contributed by atoms with van der Waals surface area (Å²) in [5, 5.41) is 2.85. The largest absolute Gasteiger partial charge is 0.383 e. The summed E-state index contributed by atoms with van der Waals surface area (Å²) in [5.41, 5.74) is 5.49. The van der Waals surface area contributed by atoms with Gasteiger partial charge in [-0.05, 0) is 12.8 Å². The van der Waals surface area contributed by atoms with E-state index in [1.807, 2.05) is 4.90 Å². The Balaban J connectivity index is 2.29. The van der Waals surface area contributed by atoms with Crippen molar-refractivity contribution in [1.29, 1.82) is 0 Å². The standard InChI is InChI=1S/C9H19N3O2/c1-14-7-8(6-10)11-9(13)12-4-2-3-5-12/h8H,2-7,10H2,1H3,(H,11,13). The molecule has 1 rings (SSSR count). The van der Waals surface area contributed by atoms with Gasteiger partial charge >= 0.3 is 6.03 Å². The van der Waals surface area contributed by atoms with Crippen LogP contribution in [0.3, 0.4) is 0 Å². The summed E-state index contributed by atoms with van der Waals surface area (Å²) in [6, 6.07) is -0.0944. The molecule has 5 nitrogen and oxygen atoms in total. The number of nitrogens with zero attached hydrogens (tertiary/aromatic N) is 1. The number of likely N-dealkylation sites (tertiary alicyclic amines) is 1. The third-order valence-corrected chi connectivity index (χ3v) is 2.37. The first kappa shape index (κ1) is 11.3. The van der Waals surface area contributed by atoms with Gasteiger partial charge < -0.3 is 20.7 Å². The summed E-state index contributed by atoms with van der Waals surface area (Å²) in [6.07, 6.45) is 2.20. The van der Waals surface area contributed by atoms with Gasteiger partial charge in [0.05, 0.1) is 12.6 Å². The van der Waals surface area contributed by atoms with Crippen LogP contribution in [-0.4, -0.2) is 50.3 Å². The smallest absolute Gasteiger partial charge is 0.317 e. The van der Waals surface area contributed by atoms with Crippen LogP contribution in [0.15, 0.2) is 0 Å². The number of methoxy groups -OCH3 is 1. The molecule has 0 aromatic rings. The Morgan fingerprint density at radius 2 is 2.21 bits per heavy atom. The highest BCUT2D eigenvalue weighted by atomic mass is 16.5. The van der Waals surface area contributed by atoms with E-state index in [4.69, 9.17) is 10.5 Å². The zero-order valence-corrected chi connectivity index (χ0v) is 8.66. The first-order valence-corrected chi connectivity index (χ1v) is 5.02. The average Bonchev–Trinajstić information content (AvgIpc) is 2.69. The van der Waals surface area contributed by atoms with E-state index >= 15 is 0 Å². The number of ether oxygens (including phenoxy) is 1. The third kappa shape index (κ3) is 3.16. The Hall–Kier alpha value is -0.810. The van der Waals surface area contributed by atoms with E-state index in [0.717, 1.165) is 25.9 Å². The number of nitrogens with two attached hydrogens (primary N) is 1. The van der Waals surface area contributed by atoms with Crippen molar-refractivity contribution in [2.24, 2.45) is 5.73 Å². The van der Waals surface area contributed by atoms with Crippen LogP contribution >= 0.6 is 0 Å². The lowest BCUT2D eigenvalue weighted by molar-refractivity contribution is 0.159. The Labute approximate surface area is 84.6 Å². The van der Waals surface area contributed by atoms with Crippen molar-refractivity contribution >= 4 is 6.03 Å². The molecule has 1 aliphatic rings. The van der Waals surface area contributed by atoms with Gasteiger partial charge in [-0.3, -0.25) is 0 Å². The lowest BCUT2D eigenvalue weighted by Crippen LogP contribution is -2.48. The molecule has 1 unspecified atom stereocenters. The van der Waals surface area contributed by atoms with Gasteiger partial charge in [0.1, 0.15) is 0 Å². The number of rotatable bonds is 4. The summed E-state index contributed by atoms with van der Waals surface area (Å²) in [5.74, 6) is 0. The predicted octanol–water partition coefficient (Wildman–Crippen LogP) is -0.234. The maximum atomic E-state index is 11.6. The molecule has 82 valence electrons. The van der Waals surface area contributed by atoms with Crippen molar-refractivity contribution in [3.8, 4) is 0 Å². The number of carbonyl (C=O) groups is 1. The fourth-order valence-corrected chi connectivity index (χ4v) is 1.56. The minimum Gasteiger partial charge on any atom is -0.383 e. The van der Waals surface area contributed by atoms with Crippen LogP contribution in [0.5, 0.6) is 0 Å². The summed E-state index contributed by atoms with van der Waals surface area (Å²) in [6.45, 7) is 2.59. The van der Waals surface area contributed by atoms with Gasteiger partial charge in [-0.2, -0.15) is 0 Å². The van der Waals surface area contributed by atoms with Crippen LogP contribution in [0.2, 0.25) is 0 Å². The molecular weight excluding hydrogens is 182 g/mol. The van der Waals surface area contributed by atoms with Crippen molar-refractivity contribution < 1.29 is 9.53 Å². The molecule has 14 heavy (non-hydrogen) atoms. The van der Waals surface area contributed by atoms with Crippen LogP contribution in [0, 0.1) is 0 Å². The normalized spacial score (nSPS) is 18.3. The fourth-order valence-electron chi connectivity index (χ4n) is 1.56. The zero-order valence-electron chi connectivity index (χ0n) is 8.66. The molecule has 0 aromatic heterocycles. The highest BCUT2D eigenvalue weighted by Crippen LogP contribution is 2.07. The molecule has 0 aromatic carbocycles. The summed E-state index contributed by atoms with van der Waals surface area (Å²) >= 11 is 0. The quantitative estimate of drug-likeness (QED) is 0.660. The molecule has 2 amide bonds. The van der Waals surface area contributed by atoms with Gasteiger partial charge in [-0.1, -0.05) is 0 Å². The summed E-state index contributed by atoms with van der Waals surface area (Å²) in [4.78, 5) is 13.4. The maximum absolute atomic E-state index is 11.6. The minimum atomic E-state index is -0.0758. The molecule has 0 bridgehead atoms. The van der Waals surface area contributed by atoms with E-state index in [2.05, 4.69) is 5.32 Å². The molecule has 5 heteroatoms. The number of amides is 2. The lowest BCUT2D eigenvalue weighted by atomic mass is 10.3. The number of nitrogens with one attached hydrogen (secondary N) is 1. The highest BCUT2D eigenvalue weighted by molar-refractivity contribution is 5.74. The first-order chi connectivity index (χ1) is 6.77. The fraction of sp³-hybridized carbons (Fsp3) is 0.889. The van der Waals surface area contributed by atoms with Gasteiger partial charge in [0.15, 0.2) is 0 Å². The van der Waals surface area contributed by atoms with E-state index < -0.39 is 0 Å². The molecule has 1 heterocycles. The lowest BCUT2D eigenvalue weighted by Gasteiger charge is -2.21. The van der Waals surface area contributed by atoms with Gasteiger partial charge in [-0.15, -0.1) is 0 Å². The number of urea groups is 1. The van der Waals surface area contributed by atoms with Gasteiger partial charge in [0, 0.05) is 26.7 Å². The summed E-state index contributed by atoms with van der Waals surface area (Å²) in [7, 11) is 1.60. The first-order valence-electron chi connectivity index (χ1n) is 5.02.